The molecule has 0 aromatic heterocycles. The van der Waals surface area contributed by atoms with E-state index in [0.29, 0.717) is 18.8 Å². The quantitative estimate of drug-likeness (QED) is 0.855. The number of aryl methyl sites for hydroxylation is 1. The van der Waals surface area contributed by atoms with E-state index >= 15 is 0 Å². The highest BCUT2D eigenvalue weighted by atomic mass is 16.5. The minimum atomic E-state index is 0.194. The van der Waals surface area contributed by atoms with Gasteiger partial charge in [-0.1, -0.05) is 19.1 Å². The summed E-state index contributed by atoms with van der Waals surface area (Å²) >= 11 is 0. The number of carbonyl (C=O) groups excluding carboxylic acids is 1. The Morgan fingerprint density at radius 1 is 1.47 bits per heavy atom. The van der Waals surface area contributed by atoms with Crippen molar-refractivity contribution < 1.29 is 9.53 Å². The zero-order valence-electron chi connectivity index (χ0n) is 11.7. The second-order valence-corrected chi connectivity index (χ2v) is 5.11. The highest BCUT2D eigenvalue weighted by Gasteiger charge is 2.20. The van der Waals surface area contributed by atoms with Crippen LogP contribution in [0.4, 0.5) is 0 Å². The van der Waals surface area contributed by atoms with Gasteiger partial charge in [0.15, 0.2) is 0 Å². The van der Waals surface area contributed by atoms with Gasteiger partial charge in [0.1, 0.15) is 11.5 Å². The van der Waals surface area contributed by atoms with Crippen LogP contribution in [0, 0.1) is 5.92 Å². The lowest BCUT2D eigenvalue weighted by Gasteiger charge is -2.21. The molecule has 104 valence electrons. The van der Waals surface area contributed by atoms with Crippen molar-refractivity contribution in [3.8, 4) is 5.75 Å². The lowest BCUT2D eigenvalue weighted by molar-refractivity contribution is -0.123. The second kappa shape index (κ2) is 7.29. The van der Waals surface area contributed by atoms with Gasteiger partial charge in [-0.15, -0.1) is 0 Å². The van der Waals surface area contributed by atoms with Crippen molar-refractivity contribution in [3.63, 3.8) is 0 Å². The van der Waals surface area contributed by atoms with Crippen LogP contribution in [0.3, 0.4) is 0 Å². The SMILES string of the molecule is CCc1cccc(OCCC(=O)C2CCCNC2)c1. The Morgan fingerprint density at radius 3 is 3.11 bits per heavy atom. The Balaban J connectivity index is 1.74. The molecule has 0 saturated carbocycles. The van der Waals surface area contributed by atoms with E-state index in [0.717, 1.165) is 38.1 Å². The Labute approximate surface area is 115 Å². The van der Waals surface area contributed by atoms with Gasteiger partial charge < -0.3 is 10.1 Å². The molecular weight excluding hydrogens is 238 g/mol. The number of hydrogen-bond donors (Lipinski definition) is 1. The molecule has 0 amide bonds. The first-order valence-corrected chi connectivity index (χ1v) is 7.24. The maximum Gasteiger partial charge on any atom is 0.140 e. The molecule has 0 aliphatic carbocycles. The van der Waals surface area contributed by atoms with Gasteiger partial charge in [-0.25, -0.2) is 0 Å². The van der Waals surface area contributed by atoms with Gasteiger partial charge in [0.25, 0.3) is 0 Å². The maximum atomic E-state index is 12.0. The Morgan fingerprint density at radius 2 is 2.37 bits per heavy atom. The molecule has 1 aliphatic rings. The summed E-state index contributed by atoms with van der Waals surface area (Å²) < 4.78 is 5.67. The van der Waals surface area contributed by atoms with Crippen LogP contribution in [-0.2, 0) is 11.2 Å². The second-order valence-electron chi connectivity index (χ2n) is 5.11. The number of nitrogens with one attached hydrogen (secondary N) is 1. The first-order valence-electron chi connectivity index (χ1n) is 7.24. The third-order valence-electron chi connectivity index (χ3n) is 3.68. The first kappa shape index (κ1) is 14.1. The fourth-order valence-electron chi connectivity index (χ4n) is 2.46. The number of hydrogen-bond acceptors (Lipinski definition) is 3. The van der Waals surface area contributed by atoms with Crippen LogP contribution < -0.4 is 10.1 Å². The van der Waals surface area contributed by atoms with E-state index in [2.05, 4.69) is 18.3 Å². The molecule has 0 spiro atoms. The first-order chi connectivity index (χ1) is 9.29. The monoisotopic (exact) mass is 261 g/mol. The van der Waals surface area contributed by atoms with Crippen LogP contribution in [0.25, 0.3) is 0 Å². The molecule has 1 aromatic rings. The highest BCUT2D eigenvalue weighted by molar-refractivity contribution is 5.81. The van der Waals surface area contributed by atoms with Gasteiger partial charge in [-0.05, 0) is 43.5 Å². The summed E-state index contributed by atoms with van der Waals surface area (Å²) in [5.41, 5.74) is 1.26. The van der Waals surface area contributed by atoms with Gasteiger partial charge in [0.05, 0.1) is 6.61 Å². The Bertz CT molecular complexity index is 411. The summed E-state index contributed by atoms with van der Waals surface area (Å²) in [5.74, 6) is 1.40. The lowest BCUT2D eigenvalue weighted by atomic mass is 9.94. The average molecular weight is 261 g/mol. The maximum absolute atomic E-state index is 12.0. The van der Waals surface area contributed by atoms with Crippen molar-refractivity contribution in [2.24, 2.45) is 5.92 Å². The molecule has 1 fully saturated rings. The predicted molar refractivity (Wildman–Crippen MR) is 76.5 cm³/mol. The van der Waals surface area contributed by atoms with E-state index in [1.54, 1.807) is 0 Å². The van der Waals surface area contributed by atoms with Gasteiger partial charge in [-0.2, -0.15) is 0 Å². The molecule has 1 saturated heterocycles. The van der Waals surface area contributed by atoms with Gasteiger partial charge in [0, 0.05) is 18.9 Å². The molecule has 1 aromatic carbocycles. The van der Waals surface area contributed by atoms with Crippen molar-refractivity contribution in [1.82, 2.24) is 5.32 Å². The predicted octanol–water partition coefficient (Wildman–Crippen LogP) is 2.59. The largest absolute Gasteiger partial charge is 0.493 e. The summed E-state index contributed by atoms with van der Waals surface area (Å²) in [5, 5.41) is 3.28. The average Bonchev–Trinajstić information content (AvgIpc) is 2.48. The van der Waals surface area contributed by atoms with Crippen molar-refractivity contribution in [1.29, 1.82) is 0 Å². The third kappa shape index (κ3) is 4.35. The van der Waals surface area contributed by atoms with Crippen LogP contribution in [0.1, 0.15) is 31.7 Å². The molecule has 1 unspecified atom stereocenters. The van der Waals surface area contributed by atoms with Gasteiger partial charge in [-0.3, -0.25) is 4.79 Å². The minimum Gasteiger partial charge on any atom is -0.493 e. The van der Waals surface area contributed by atoms with E-state index in [1.807, 2.05) is 18.2 Å². The molecule has 3 heteroatoms. The van der Waals surface area contributed by atoms with E-state index in [-0.39, 0.29) is 5.92 Å². The molecule has 0 bridgehead atoms. The van der Waals surface area contributed by atoms with Crippen molar-refractivity contribution in [3.05, 3.63) is 29.8 Å². The molecule has 1 atom stereocenters. The van der Waals surface area contributed by atoms with Gasteiger partial charge in [0.2, 0.25) is 0 Å². The number of ether oxygens (including phenoxy) is 1. The molecule has 19 heavy (non-hydrogen) atoms. The summed E-state index contributed by atoms with van der Waals surface area (Å²) in [6.45, 7) is 4.50. The summed E-state index contributed by atoms with van der Waals surface area (Å²) in [6, 6.07) is 8.09. The number of piperidine rings is 1. The zero-order chi connectivity index (χ0) is 13.5. The Hall–Kier alpha value is -1.35. The number of rotatable bonds is 6. The van der Waals surface area contributed by atoms with Crippen LogP contribution in [0.5, 0.6) is 5.75 Å². The fraction of sp³-hybridized carbons (Fsp3) is 0.562. The number of Topliss-reactive ketones (excluding diaryl/α,β-unsaturated/α-hetero) is 1. The normalized spacial score (nSPS) is 19.1. The fourth-order valence-corrected chi connectivity index (χ4v) is 2.46. The van der Waals surface area contributed by atoms with Crippen LogP contribution in [-0.4, -0.2) is 25.5 Å². The molecule has 3 nitrogen and oxygen atoms in total. The third-order valence-corrected chi connectivity index (χ3v) is 3.68. The van der Waals surface area contributed by atoms with Crippen molar-refractivity contribution in [2.45, 2.75) is 32.6 Å². The summed E-state index contributed by atoms with van der Waals surface area (Å²) in [4.78, 5) is 12.0. The smallest absolute Gasteiger partial charge is 0.140 e. The molecule has 0 radical (unpaired) electrons. The van der Waals surface area contributed by atoms with Crippen molar-refractivity contribution >= 4 is 5.78 Å². The number of carbonyl (C=O) groups is 1. The number of ketones is 1. The summed E-state index contributed by atoms with van der Waals surface area (Å²) in [6.07, 6.45) is 3.65. The van der Waals surface area contributed by atoms with Crippen molar-refractivity contribution in [2.75, 3.05) is 19.7 Å². The van der Waals surface area contributed by atoms with E-state index in [4.69, 9.17) is 4.74 Å². The molecular formula is C16H23NO2. The zero-order valence-corrected chi connectivity index (χ0v) is 11.7. The highest BCUT2D eigenvalue weighted by Crippen LogP contribution is 2.16. The van der Waals surface area contributed by atoms with Crippen LogP contribution >= 0.6 is 0 Å². The molecule has 1 heterocycles. The van der Waals surface area contributed by atoms with E-state index in [9.17, 15) is 4.79 Å². The van der Waals surface area contributed by atoms with Crippen LogP contribution in [0.2, 0.25) is 0 Å². The topological polar surface area (TPSA) is 38.3 Å². The minimum absolute atomic E-state index is 0.194. The Kier molecular flexibility index (Phi) is 5.40. The molecule has 1 aliphatic heterocycles. The molecule has 2 rings (SSSR count). The van der Waals surface area contributed by atoms with E-state index < -0.39 is 0 Å². The van der Waals surface area contributed by atoms with E-state index in [1.165, 1.54) is 5.56 Å². The molecule has 1 N–H and O–H groups in total. The summed E-state index contributed by atoms with van der Waals surface area (Å²) in [7, 11) is 0. The lowest BCUT2D eigenvalue weighted by Crippen LogP contribution is -2.34. The standard InChI is InChI=1S/C16H23NO2/c1-2-13-5-3-7-15(11-13)19-10-8-16(18)14-6-4-9-17-12-14/h3,5,7,11,14,17H,2,4,6,8-10,12H2,1H3. The number of benzene rings is 1. The van der Waals surface area contributed by atoms with Gasteiger partial charge >= 0.3 is 0 Å². The van der Waals surface area contributed by atoms with Crippen LogP contribution in [0.15, 0.2) is 24.3 Å².